The molecule has 0 aliphatic carbocycles. The number of aliphatic hydroxyl groups excluding tert-OH is 1. The SMILES string of the molecule is Cc1cc2nc3c(C#N)c(-c4ccccc4)/c(=C\O)c(=O)n3c2cc1C. The number of aryl methyl sites for hydroxylation is 2. The van der Waals surface area contributed by atoms with Gasteiger partial charge in [-0.25, -0.2) is 4.98 Å². The maximum Gasteiger partial charge on any atom is 0.267 e. The summed E-state index contributed by atoms with van der Waals surface area (Å²) in [6.07, 6.45) is 0.776. The molecule has 0 bridgehead atoms. The van der Waals surface area contributed by atoms with E-state index in [9.17, 15) is 15.2 Å². The van der Waals surface area contributed by atoms with Crippen molar-refractivity contribution in [2.24, 2.45) is 0 Å². The lowest BCUT2D eigenvalue weighted by Gasteiger charge is -2.07. The zero-order valence-corrected chi connectivity index (χ0v) is 14.3. The van der Waals surface area contributed by atoms with Gasteiger partial charge in [-0.1, -0.05) is 30.3 Å². The first-order chi connectivity index (χ1) is 12.6. The normalized spacial score (nSPS) is 12.0. The first-order valence-corrected chi connectivity index (χ1v) is 8.16. The lowest BCUT2D eigenvalue weighted by molar-refractivity contribution is 0.539. The Labute approximate surface area is 149 Å². The second kappa shape index (κ2) is 5.71. The van der Waals surface area contributed by atoms with Gasteiger partial charge in [0.25, 0.3) is 5.56 Å². The molecule has 0 fully saturated rings. The summed E-state index contributed by atoms with van der Waals surface area (Å²) in [5.41, 5.74) is 4.63. The summed E-state index contributed by atoms with van der Waals surface area (Å²) in [4.78, 5) is 17.7. The van der Waals surface area contributed by atoms with Crippen molar-refractivity contribution < 1.29 is 5.11 Å². The molecule has 4 rings (SSSR count). The van der Waals surface area contributed by atoms with Crippen molar-refractivity contribution in [3.8, 4) is 17.2 Å². The molecule has 2 aromatic heterocycles. The number of benzene rings is 2. The third kappa shape index (κ3) is 2.09. The van der Waals surface area contributed by atoms with Gasteiger partial charge in [0.1, 0.15) is 11.6 Å². The average Bonchev–Trinajstić information content (AvgIpc) is 3.01. The number of aliphatic hydroxyl groups is 1. The number of nitriles is 1. The molecule has 0 saturated heterocycles. The number of aromatic nitrogens is 2. The Hall–Kier alpha value is -3.65. The van der Waals surface area contributed by atoms with Crippen LogP contribution in [0.5, 0.6) is 0 Å². The number of rotatable bonds is 1. The summed E-state index contributed by atoms with van der Waals surface area (Å²) in [7, 11) is 0. The molecule has 126 valence electrons. The molecule has 5 heteroatoms. The van der Waals surface area contributed by atoms with Crippen LogP contribution in [0, 0.1) is 25.2 Å². The average molecular weight is 341 g/mol. The van der Waals surface area contributed by atoms with Crippen LogP contribution >= 0.6 is 0 Å². The molecule has 0 unspecified atom stereocenters. The number of fused-ring (bicyclic) bond motifs is 3. The molecule has 26 heavy (non-hydrogen) atoms. The molecule has 0 spiro atoms. The van der Waals surface area contributed by atoms with Crippen molar-refractivity contribution in [2.75, 3.05) is 0 Å². The van der Waals surface area contributed by atoms with Crippen molar-refractivity contribution in [3.05, 3.63) is 74.7 Å². The molecule has 0 aliphatic heterocycles. The predicted octanol–water partition coefficient (Wildman–Crippen LogP) is 3.02. The van der Waals surface area contributed by atoms with Crippen molar-refractivity contribution >= 4 is 22.9 Å². The Balaban J connectivity index is 2.31. The highest BCUT2D eigenvalue weighted by molar-refractivity contribution is 5.87. The standard InChI is InChI=1S/C21H15N3O2/c1-12-8-17-18(9-13(12)2)24-20(23-17)15(10-22)19(16(11-25)21(24)26)14-6-4-3-5-7-14/h3-9,11,25H,1-2H3/b16-11+. The Kier molecular flexibility index (Phi) is 3.48. The lowest BCUT2D eigenvalue weighted by Crippen LogP contribution is -2.33. The molecule has 0 saturated carbocycles. The van der Waals surface area contributed by atoms with Gasteiger partial charge in [0.15, 0.2) is 5.65 Å². The summed E-state index contributed by atoms with van der Waals surface area (Å²) < 4.78 is 1.41. The van der Waals surface area contributed by atoms with E-state index in [1.807, 2.05) is 44.2 Å². The summed E-state index contributed by atoms with van der Waals surface area (Å²) in [6, 6.07) is 15.1. The van der Waals surface area contributed by atoms with Gasteiger partial charge in [-0.15, -0.1) is 0 Å². The molecule has 4 aromatic rings. The van der Waals surface area contributed by atoms with E-state index in [2.05, 4.69) is 11.1 Å². The van der Waals surface area contributed by atoms with Crippen LogP contribution in [-0.2, 0) is 0 Å². The van der Waals surface area contributed by atoms with E-state index in [0.717, 1.165) is 17.4 Å². The van der Waals surface area contributed by atoms with E-state index in [0.29, 0.717) is 27.8 Å². The lowest BCUT2D eigenvalue weighted by atomic mass is 10.00. The van der Waals surface area contributed by atoms with E-state index in [1.54, 1.807) is 12.1 Å². The van der Waals surface area contributed by atoms with Gasteiger partial charge in [0.2, 0.25) is 0 Å². The Bertz CT molecular complexity index is 1330. The van der Waals surface area contributed by atoms with Crippen LogP contribution in [0.1, 0.15) is 16.7 Å². The monoisotopic (exact) mass is 341 g/mol. The van der Waals surface area contributed by atoms with Crippen LogP contribution in [-0.4, -0.2) is 14.5 Å². The van der Waals surface area contributed by atoms with Gasteiger partial charge >= 0.3 is 0 Å². The fourth-order valence-electron chi connectivity index (χ4n) is 3.31. The van der Waals surface area contributed by atoms with Crippen molar-refractivity contribution in [2.45, 2.75) is 13.8 Å². The highest BCUT2D eigenvalue weighted by Gasteiger charge is 2.20. The Morgan fingerprint density at radius 1 is 1.15 bits per heavy atom. The fourth-order valence-corrected chi connectivity index (χ4v) is 3.31. The maximum atomic E-state index is 13.1. The van der Waals surface area contributed by atoms with Gasteiger partial charge < -0.3 is 5.11 Å². The number of imidazole rings is 1. The smallest absolute Gasteiger partial charge is 0.267 e. The minimum absolute atomic E-state index is 0.0813. The van der Waals surface area contributed by atoms with Crippen LogP contribution in [0.2, 0.25) is 0 Å². The van der Waals surface area contributed by atoms with Gasteiger partial charge in [0.05, 0.1) is 22.5 Å². The molecule has 0 amide bonds. The Morgan fingerprint density at radius 2 is 1.85 bits per heavy atom. The zero-order valence-electron chi connectivity index (χ0n) is 14.3. The second-order valence-electron chi connectivity index (χ2n) is 6.27. The number of hydrogen-bond acceptors (Lipinski definition) is 4. The first kappa shape index (κ1) is 15.9. The van der Waals surface area contributed by atoms with Gasteiger partial charge in [0, 0.05) is 5.56 Å². The van der Waals surface area contributed by atoms with Crippen molar-refractivity contribution in [3.63, 3.8) is 0 Å². The van der Waals surface area contributed by atoms with E-state index < -0.39 is 5.56 Å². The zero-order chi connectivity index (χ0) is 18.4. The summed E-state index contributed by atoms with van der Waals surface area (Å²) in [5.74, 6) is 0. The number of nitrogens with zero attached hydrogens (tertiary/aromatic N) is 3. The van der Waals surface area contributed by atoms with Crippen LogP contribution in [0.15, 0.2) is 47.3 Å². The minimum atomic E-state index is -0.397. The van der Waals surface area contributed by atoms with E-state index in [-0.39, 0.29) is 10.8 Å². The Morgan fingerprint density at radius 3 is 2.50 bits per heavy atom. The van der Waals surface area contributed by atoms with Gasteiger partial charge in [-0.05, 0) is 42.7 Å². The third-order valence-electron chi connectivity index (χ3n) is 4.75. The predicted molar refractivity (Wildman–Crippen MR) is 101 cm³/mol. The van der Waals surface area contributed by atoms with E-state index in [1.165, 1.54) is 4.40 Å². The largest absolute Gasteiger partial charge is 0.515 e. The summed E-state index contributed by atoms with van der Waals surface area (Å²) in [5, 5.41) is 19.7. The van der Waals surface area contributed by atoms with Crippen LogP contribution < -0.4 is 10.8 Å². The number of pyridine rings is 1. The second-order valence-corrected chi connectivity index (χ2v) is 6.27. The summed E-state index contributed by atoms with van der Waals surface area (Å²) >= 11 is 0. The maximum absolute atomic E-state index is 13.1. The molecule has 0 aliphatic rings. The quantitative estimate of drug-likeness (QED) is 0.577. The molecule has 2 heterocycles. The first-order valence-electron chi connectivity index (χ1n) is 8.16. The van der Waals surface area contributed by atoms with E-state index in [4.69, 9.17) is 0 Å². The highest BCUT2D eigenvalue weighted by Crippen LogP contribution is 2.25. The van der Waals surface area contributed by atoms with Crippen LogP contribution in [0.3, 0.4) is 0 Å². The highest BCUT2D eigenvalue weighted by atomic mass is 16.2. The van der Waals surface area contributed by atoms with Crippen molar-refractivity contribution in [1.29, 1.82) is 5.26 Å². The summed E-state index contributed by atoms with van der Waals surface area (Å²) in [6.45, 7) is 3.94. The molecular formula is C21H15N3O2. The fraction of sp³-hybridized carbons (Fsp3) is 0.0952. The van der Waals surface area contributed by atoms with Crippen LogP contribution in [0.4, 0.5) is 0 Å². The van der Waals surface area contributed by atoms with E-state index >= 15 is 0 Å². The molecule has 5 nitrogen and oxygen atoms in total. The topological polar surface area (TPSA) is 78.4 Å². The van der Waals surface area contributed by atoms with Gasteiger partial charge in [-0.3, -0.25) is 9.20 Å². The van der Waals surface area contributed by atoms with Crippen molar-refractivity contribution in [1.82, 2.24) is 9.38 Å². The molecule has 0 atom stereocenters. The number of hydrogen-bond donors (Lipinski definition) is 1. The third-order valence-corrected chi connectivity index (χ3v) is 4.75. The minimum Gasteiger partial charge on any atom is -0.515 e. The van der Waals surface area contributed by atoms with Crippen LogP contribution in [0.25, 0.3) is 34.1 Å². The molecule has 2 aromatic carbocycles. The molecular weight excluding hydrogens is 326 g/mol. The molecule has 0 radical (unpaired) electrons. The van der Waals surface area contributed by atoms with Gasteiger partial charge in [-0.2, -0.15) is 5.26 Å². The molecule has 1 N–H and O–H groups in total.